The zero-order valence-corrected chi connectivity index (χ0v) is 15.0. The summed E-state index contributed by atoms with van der Waals surface area (Å²) in [6.07, 6.45) is 9.09. The molecule has 0 aromatic rings. The third-order valence-electron chi connectivity index (χ3n) is 7.69. The summed E-state index contributed by atoms with van der Waals surface area (Å²) < 4.78 is 11.3. The van der Waals surface area contributed by atoms with Crippen LogP contribution in [-0.2, 0) is 19.1 Å². The van der Waals surface area contributed by atoms with Gasteiger partial charge in [-0.05, 0) is 62.4 Å². The Hall–Kier alpha value is -1.32. The molecule has 0 amide bonds. The minimum Gasteiger partial charge on any atom is -0.462 e. The number of hydrogen-bond acceptors (Lipinski definition) is 4. The number of fused-ring (bicyclic) bond motifs is 5. The second-order valence-corrected chi connectivity index (χ2v) is 8.79. The zero-order chi connectivity index (χ0) is 17.1. The molecule has 0 bridgehead atoms. The minimum atomic E-state index is -0.152. The largest absolute Gasteiger partial charge is 0.462 e. The van der Waals surface area contributed by atoms with E-state index >= 15 is 0 Å². The monoisotopic (exact) mass is 332 g/mol. The number of hydrogen-bond donors (Lipinski definition) is 0. The van der Waals surface area contributed by atoms with Crippen molar-refractivity contribution in [3.8, 4) is 0 Å². The number of allylic oxidation sites excluding steroid dienone is 2. The van der Waals surface area contributed by atoms with Gasteiger partial charge >= 0.3 is 11.9 Å². The highest BCUT2D eigenvalue weighted by molar-refractivity contribution is 5.72. The molecule has 1 aliphatic heterocycles. The van der Waals surface area contributed by atoms with Crippen molar-refractivity contribution in [3.05, 3.63) is 11.8 Å². The summed E-state index contributed by atoms with van der Waals surface area (Å²) in [5, 5.41) is 0. The Bertz CT molecular complexity index is 609. The van der Waals surface area contributed by atoms with Crippen molar-refractivity contribution >= 4 is 11.9 Å². The lowest BCUT2D eigenvalue weighted by Crippen LogP contribution is -2.51. The van der Waals surface area contributed by atoms with Crippen LogP contribution in [0.2, 0.25) is 0 Å². The Morgan fingerprint density at radius 1 is 1.21 bits per heavy atom. The van der Waals surface area contributed by atoms with Crippen molar-refractivity contribution in [2.24, 2.45) is 28.6 Å². The Morgan fingerprint density at radius 3 is 2.75 bits per heavy atom. The first-order valence-corrected chi connectivity index (χ1v) is 9.43. The molecule has 24 heavy (non-hydrogen) atoms. The SMILES string of the molecule is CC(=O)O[C@H]1CC[C@H]2[C@@H]3CC=C4OC(=O)CC[C@]4(C)[C@H]3CC[C@]12C. The highest BCUT2D eigenvalue weighted by Gasteiger charge is 2.60. The van der Waals surface area contributed by atoms with E-state index in [-0.39, 0.29) is 28.9 Å². The maximum atomic E-state index is 11.7. The predicted molar refractivity (Wildman–Crippen MR) is 88.7 cm³/mol. The minimum absolute atomic E-state index is 0.0116. The van der Waals surface area contributed by atoms with E-state index < -0.39 is 0 Å². The van der Waals surface area contributed by atoms with Crippen molar-refractivity contribution < 1.29 is 19.1 Å². The highest BCUT2D eigenvalue weighted by Crippen LogP contribution is 2.64. The summed E-state index contributed by atoms with van der Waals surface area (Å²) in [7, 11) is 0. The quantitative estimate of drug-likeness (QED) is 0.681. The van der Waals surface area contributed by atoms with E-state index in [0.29, 0.717) is 24.2 Å². The molecule has 0 unspecified atom stereocenters. The van der Waals surface area contributed by atoms with Crippen LogP contribution in [0.15, 0.2) is 11.8 Å². The van der Waals surface area contributed by atoms with E-state index in [1.165, 1.54) is 6.92 Å². The summed E-state index contributed by atoms with van der Waals surface area (Å²) in [6, 6.07) is 0. The fraction of sp³-hybridized carbons (Fsp3) is 0.800. The van der Waals surface area contributed by atoms with Crippen molar-refractivity contribution in [2.45, 2.75) is 71.8 Å². The number of rotatable bonds is 1. The van der Waals surface area contributed by atoms with Gasteiger partial charge in [0.15, 0.2) is 0 Å². The van der Waals surface area contributed by atoms with Gasteiger partial charge < -0.3 is 9.47 Å². The molecule has 0 N–H and O–H groups in total. The van der Waals surface area contributed by atoms with E-state index in [9.17, 15) is 9.59 Å². The Morgan fingerprint density at radius 2 is 2.00 bits per heavy atom. The van der Waals surface area contributed by atoms with Crippen molar-refractivity contribution in [3.63, 3.8) is 0 Å². The summed E-state index contributed by atoms with van der Waals surface area (Å²) in [4.78, 5) is 23.2. The van der Waals surface area contributed by atoms with Crippen LogP contribution in [0.3, 0.4) is 0 Å². The van der Waals surface area contributed by atoms with E-state index in [1.54, 1.807) is 0 Å². The molecule has 4 aliphatic rings. The van der Waals surface area contributed by atoms with Gasteiger partial charge in [0.25, 0.3) is 0 Å². The first-order chi connectivity index (χ1) is 11.3. The number of ether oxygens (including phenoxy) is 2. The molecule has 2 saturated carbocycles. The standard InChI is InChI=1S/C20H28O4/c1-12(21)23-16-7-5-14-13-4-6-17-20(3,11-9-18(22)24-17)15(13)8-10-19(14,16)2/h6,13-16H,4-5,7-11H2,1-3H3/t13-,14-,15-,16-,19-,20+/m0/s1. The average Bonchev–Trinajstić information content (AvgIpc) is 2.84. The van der Waals surface area contributed by atoms with Crippen molar-refractivity contribution in [1.82, 2.24) is 0 Å². The summed E-state index contributed by atoms with van der Waals surface area (Å²) in [6.45, 7) is 6.15. The predicted octanol–water partition coefficient (Wildman–Crippen LogP) is 3.99. The van der Waals surface area contributed by atoms with Gasteiger partial charge in [0.2, 0.25) is 0 Å². The van der Waals surface area contributed by atoms with Crippen molar-refractivity contribution in [1.29, 1.82) is 0 Å². The Labute approximate surface area is 144 Å². The third-order valence-corrected chi connectivity index (χ3v) is 7.69. The Balaban J connectivity index is 1.63. The molecule has 132 valence electrons. The third kappa shape index (κ3) is 2.18. The van der Waals surface area contributed by atoms with Crippen LogP contribution in [0, 0.1) is 28.6 Å². The average molecular weight is 332 g/mol. The van der Waals surface area contributed by atoms with Crippen LogP contribution in [0.4, 0.5) is 0 Å². The normalized spacial score (nSPS) is 47.0. The Kier molecular flexibility index (Phi) is 3.59. The van der Waals surface area contributed by atoms with Crippen LogP contribution >= 0.6 is 0 Å². The molecule has 0 aromatic carbocycles. The van der Waals surface area contributed by atoms with Gasteiger partial charge in [-0.1, -0.05) is 13.8 Å². The second-order valence-electron chi connectivity index (χ2n) is 8.79. The maximum absolute atomic E-state index is 11.7. The molecular weight excluding hydrogens is 304 g/mol. The van der Waals surface area contributed by atoms with Gasteiger partial charge in [-0.2, -0.15) is 0 Å². The fourth-order valence-corrected chi connectivity index (χ4v) is 6.41. The van der Waals surface area contributed by atoms with Gasteiger partial charge in [-0.25, -0.2) is 0 Å². The molecule has 1 heterocycles. The van der Waals surface area contributed by atoms with Crippen LogP contribution in [0.25, 0.3) is 0 Å². The first-order valence-electron chi connectivity index (χ1n) is 9.43. The molecule has 0 radical (unpaired) electrons. The van der Waals surface area contributed by atoms with E-state index in [0.717, 1.165) is 44.3 Å². The molecule has 3 aliphatic carbocycles. The van der Waals surface area contributed by atoms with Gasteiger partial charge in [-0.15, -0.1) is 0 Å². The lowest BCUT2D eigenvalue weighted by molar-refractivity contribution is -0.159. The lowest BCUT2D eigenvalue weighted by Gasteiger charge is -2.56. The molecule has 0 aromatic heterocycles. The lowest BCUT2D eigenvalue weighted by atomic mass is 9.50. The van der Waals surface area contributed by atoms with Gasteiger partial charge in [0.05, 0.1) is 0 Å². The van der Waals surface area contributed by atoms with Gasteiger partial charge in [-0.3, -0.25) is 9.59 Å². The molecule has 4 heteroatoms. The van der Waals surface area contributed by atoms with E-state index in [4.69, 9.17) is 9.47 Å². The number of carbonyl (C=O) groups is 2. The summed E-state index contributed by atoms with van der Waals surface area (Å²) in [5.74, 6) is 2.51. The van der Waals surface area contributed by atoms with Crippen LogP contribution in [0.5, 0.6) is 0 Å². The first kappa shape index (κ1) is 16.2. The fourth-order valence-electron chi connectivity index (χ4n) is 6.41. The smallest absolute Gasteiger partial charge is 0.310 e. The van der Waals surface area contributed by atoms with E-state index in [1.807, 2.05) is 0 Å². The van der Waals surface area contributed by atoms with Gasteiger partial charge in [0.1, 0.15) is 11.9 Å². The topological polar surface area (TPSA) is 52.6 Å². The molecule has 0 spiro atoms. The van der Waals surface area contributed by atoms with Crippen LogP contribution in [-0.4, -0.2) is 18.0 Å². The molecule has 3 fully saturated rings. The van der Waals surface area contributed by atoms with E-state index in [2.05, 4.69) is 19.9 Å². The number of esters is 2. The van der Waals surface area contributed by atoms with Crippen molar-refractivity contribution in [2.75, 3.05) is 0 Å². The maximum Gasteiger partial charge on any atom is 0.310 e. The van der Waals surface area contributed by atoms with Gasteiger partial charge in [0, 0.05) is 24.2 Å². The highest BCUT2D eigenvalue weighted by atomic mass is 16.5. The molecule has 6 atom stereocenters. The second kappa shape index (κ2) is 5.34. The molecule has 4 nitrogen and oxygen atoms in total. The molecule has 4 rings (SSSR count). The summed E-state index contributed by atoms with van der Waals surface area (Å²) in [5.41, 5.74) is 0.123. The van der Waals surface area contributed by atoms with Crippen LogP contribution in [0.1, 0.15) is 65.7 Å². The molecular formula is C20H28O4. The number of carbonyl (C=O) groups excluding carboxylic acids is 2. The van der Waals surface area contributed by atoms with Crippen LogP contribution < -0.4 is 0 Å². The molecule has 1 saturated heterocycles. The zero-order valence-electron chi connectivity index (χ0n) is 15.0. The summed E-state index contributed by atoms with van der Waals surface area (Å²) >= 11 is 0.